The van der Waals surface area contributed by atoms with Crippen molar-refractivity contribution in [3.63, 3.8) is 0 Å². The Labute approximate surface area is 175 Å². The lowest BCUT2D eigenvalue weighted by molar-refractivity contribution is -0.132. The highest BCUT2D eigenvalue weighted by atomic mass is 19.1. The SMILES string of the molecule is CCc1ccc(CN(C)C(=O)COc2ccc(C(=O)c3ccc(F)cc3)cc2)cc1. The molecule has 0 aliphatic rings. The molecule has 3 aromatic rings. The fraction of sp³-hybridized carbons (Fsp3) is 0.200. The van der Waals surface area contributed by atoms with Crippen molar-refractivity contribution in [3.8, 4) is 5.75 Å². The van der Waals surface area contributed by atoms with E-state index in [0.29, 0.717) is 23.4 Å². The van der Waals surface area contributed by atoms with Crippen LogP contribution in [0.25, 0.3) is 0 Å². The zero-order valence-electron chi connectivity index (χ0n) is 17.1. The maximum Gasteiger partial charge on any atom is 0.260 e. The van der Waals surface area contributed by atoms with Gasteiger partial charge in [-0.15, -0.1) is 0 Å². The van der Waals surface area contributed by atoms with E-state index in [-0.39, 0.29) is 24.1 Å². The molecular weight excluding hydrogens is 381 g/mol. The number of nitrogens with zero attached hydrogens (tertiary/aromatic N) is 1. The molecule has 0 radical (unpaired) electrons. The molecule has 0 saturated carbocycles. The highest BCUT2D eigenvalue weighted by molar-refractivity contribution is 6.09. The molecule has 1 amide bonds. The Morgan fingerprint density at radius 2 is 1.37 bits per heavy atom. The third-order valence-corrected chi connectivity index (χ3v) is 4.86. The Kier molecular flexibility index (Phi) is 6.96. The minimum absolute atomic E-state index is 0.0885. The second-order valence-corrected chi connectivity index (χ2v) is 7.07. The average Bonchev–Trinajstić information content (AvgIpc) is 2.78. The molecule has 3 aromatic carbocycles. The van der Waals surface area contributed by atoms with Crippen LogP contribution in [0.1, 0.15) is 34.0 Å². The van der Waals surface area contributed by atoms with Gasteiger partial charge in [0, 0.05) is 24.7 Å². The van der Waals surface area contributed by atoms with E-state index in [2.05, 4.69) is 19.1 Å². The summed E-state index contributed by atoms with van der Waals surface area (Å²) in [7, 11) is 1.74. The summed E-state index contributed by atoms with van der Waals surface area (Å²) in [6, 6.07) is 20.2. The summed E-state index contributed by atoms with van der Waals surface area (Å²) in [6.07, 6.45) is 0.983. The number of carbonyl (C=O) groups is 2. The first-order valence-electron chi connectivity index (χ1n) is 9.81. The normalized spacial score (nSPS) is 10.5. The van der Waals surface area contributed by atoms with Gasteiger partial charge in [0.2, 0.25) is 0 Å². The van der Waals surface area contributed by atoms with E-state index >= 15 is 0 Å². The Morgan fingerprint density at radius 3 is 1.93 bits per heavy atom. The fourth-order valence-corrected chi connectivity index (χ4v) is 2.97. The van der Waals surface area contributed by atoms with Gasteiger partial charge in [0.05, 0.1) is 0 Å². The minimum Gasteiger partial charge on any atom is -0.484 e. The fourth-order valence-electron chi connectivity index (χ4n) is 2.97. The van der Waals surface area contributed by atoms with Gasteiger partial charge in [0.25, 0.3) is 5.91 Å². The quantitative estimate of drug-likeness (QED) is 0.512. The number of hydrogen-bond acceptors (Lipinski definition) is 3. The number of ether oxygens (including phenoxy) is 1. The van der Waals surface area contributed by atoms with E-state index in [4.69, 9.17) is 4.74 Å². The number of amides is 1. The molecule has 3 rings (SSSR count). The van der Waals surface area contributed by atoms with Crippen molar-refractivity contribution >= 4 is 11.7 Å². The largest absolute Gasteiger partial charge is 0.484 e. The standard InChI is InChI=1S/C25H24FNO3/c1-3-18-4-6-19(7-5-18)16-27(2)24(28)17-30-23-14-10-21(11-15-23)25(29)20-8-12-22(26)13-9-20/h4-15H,3,16-17H2,1-2H3. The molecule has 0 atom stereocenters. The summed E-state index contributed by atoms with van der Waals surface area (Å²) < 4.78 is 18.6. The summed E-state index contributed by atoms with van der Waals surface area (Å²) in [4.78, 5) is 26.4. The number of ketones is 1. The van der Waals surface area contributed by atoms with Crippen molar-refractivity contribution in [2.75, 3.05) is 13.7 Å². The summed E-state index contributed by atoms with van der Waals surface area (Å²) in [5.41, 5.74) is 3.20. The molecule has 30 heavy (non-hydrogen) atoms. The molecular formula is C25H24FNO3. The second kappa shape index (κ2) is 9.83. The Morgan fingerprint density at radius 1 is 0.833 bits per heavy atom. The van der Waals surface area contributed by atoms with Crippen molar-refractivity contribution in [2.24, 2.45) is 0 Å². The molecule has 0 aromatic heterocycles. The molecule has 4 nitrogen and oxygen atoms in total. The van der Waals surface area contributed by atoms with E-state index in [1.54, 1.807) is 36.2 Å². The maximum atomic E-state index is 13.0. The highest BCUT2D eigenvalue weighted by Gasteiger charge is 2.12. The highest BCUT2D eigenvalue weighted by Crippen LogP contribution is 2.16. The van der Waals surface area contributed by atoms with E-state index < -0.39 is 0 Å². The Balaban J connectivity index is 1.52. The van der Waals surface area contributed by atoms with Crippen LogP contribution in [0.4, 0.5) is 4.39 Å². The predicted molar refractivity (Wildman–Crippen MR) is 114 cm³/mol. The molecule has 154 valence electrons. The first-order chi connectivity index (χ1) is 14.5. The molecule has 0 aliphatic carbocycles. The van der Waals surface area contributed by atoms with Crippen LogP contribution in [-0.2, 0) is 17.8 Å². The Bertz CT molecular complexity index is 996. The smallest absolute Gasteiger partial charge is 0.260 e. The third kappa shape index (κ3) is 5.54. The van der Waals surface area contributed by atoms with Crippen LogP contribution in [-0.4, -0.2) is 30.2 Å². The lowest BCUT2D eigenvalue weighted by atomic mass is 10.0. The molecule has 0 aliphatic heterocycles. The van der Waals surface area contributed by atoms with Crippen molar-refractivity contribution in [1.29, 1.82) is 0 Å². The lowest BCUT2D eigenvalue weighted by Gasteiger charge is -2.18. The van der Waals surface area contributed by atoms with Gasteiger partial charge in [-0.05, 0) is 66.1 Å². The number of aryl methyl sites for hydroxylation is 1. The van der Waals surface area contributed by atoms with E-state index in [1.807, 2.05) is 12.1 Å². The van der Waals surface area contributed by atoms with Crippen molar-refractivity contribution in [3.05, 3.63) is 101 Å². The molecule has 0 bridgehead atoms. The summed E-state index contributed by atoms with van der Waals surface area (Å²) in [5.74, 6) is -0.227. The van der Waals surface area contributed by atoms with Crippen LogP contribution >= 0.6 is 0 Å². The second-order valence-electron chi connectivity index (χ2n) is 7.07. The van der Waals surface area contributed by atoms with Crippen LogP contribution in [0, 0.1) is 5.82 Å². The number of benzene rings is 3. The van der Waals surface area contributed by atoms with Crippen LogP contribution in [0.5, 0.6) is 5.75 Å². The van der Waals surface area contributed by atoms with Gasteiger partial charge in [-0.25, -0.2) is 4.39 Å². The van der Waals surface area contributed by atoms with Crippen LogP contribution in [0.2, 0.25) is 0 Å². The van der Waals surface area contributed by atoms with E-state index in [0.717, 1.165) is 12.0 Å². The monoisotopic (exact) mass is 405 g/mol. The van der Waals surface area contributed by atoms with Gasteiger partial charge in [0.1, 0.15) is 11.6 Å². The third-order valence-electron chi connectivity index (χ3n) is 4.86. The molecule has 0 spiro atoms. The van der Waals surface area contributed by atoms with E-state index in [9.17, 15) is 14.0 Å². The number of likely N-dealkylation sites (N-methyl/N-ethyl adjacent to an activating group) is 1. The first kappa shape index (κ1) is 21.2. The van der Waals surface area contributed by atoms with Gasteiger partial charge >= 0.3 is 0 Å². The maximum absolute atomic E-state index is 13.0. The van der Waals surface area contributed by atoms with Gasteiger partial charge in [-0.1, -0.05) is 31.2 Å². The van der Waals surface area contributed by atoms with Gasteiger partial charge < -0.3 is 9.64 Å². The van der Waals surface area contributed by atoms with Gasteiger partial charge in [0.15, 0.2) is 12.4 Å². The Hall–Kier alpha value is -3.47. The van der Waals surface area contributed by atoms with Crippen molar-refractivity contribution < 1.29 is 18.7 Å². The van der Waals surface area contributed by atoms with Crippen LogP contribution in [0.3, 0.4) is 0 Å². The van der Waals surface area contributed by atoms with E-state index in [1.165, 1.54) is 29.8 Å². The molecule has 0 fully saturated rings. The first-order valence-corrected chi connectivity index (χ1v) is 9.81. The number of halogens is 1. The molecule has 5 heteroatoms. The van der Waals surface area contributed by atoms with Crippen molar-refractivity contribution in [2.45, 2.75) is 19.9 Å². The molecule has 0 unspecified atom stereocenters. The van der Waals surface area contributed by atoms with Crippen LogP contribution in [0.15, 0.2) is 72.8 Å². The summed E-state index contributed by atoms with van der Waals surface area (Å²) >= 11 is 0. The molecule has 0 heterocycles. The number of hydrogen-bond donors (Lipinski definition) is 0. The van der Waals surface area contributed by atoms with Crippen molar-refractivity contribution in [1.82, 2.24) is 4.90 Å². The number of carbonyl (C=O) groups excluding carboxylic acids is 2. The van der Waals surface area contributed by atoms with Gasteiger partial charge in [-0.2, -0.15) is 0 Å². The average molecular weight is 405 g/mol. The molecule has 0 N–H and O–H groups in total. The zero-order valence-corrected chi connectivity index (χ0v) is 17.1. The molecule has 0 saturated heterocycles. The predicted octanol–water partition coefficient (Wildman–Crippen LogP) is 4.66. The lowest BCUT2D eigenvalue weighted by Crippen LogP contribution is -2.30. The summed E-state index contributed by atoms with van der Waals surface area (Å²) in [5, 5.41) is 0. The number of rotatable bonds is 8. The van der Waals surface area contributed by atoms with Crippen LogP contribution < -0.4 is 4.74 Å². The van der Waals surface area contributed by atoms with Gasteiger partial charge in [-0.3, -0.25) is 9.59 Å². The minimum atomic E-state index is -0.386. The zero-order chi connectivity index (χ0) is 21.5. The topological polar surface area (TPSA) is 46.6 Å². The summed E-state index contributed by atoms with van der Waals surface area (Å²) in [6.45, 7) is 2.53.